The molecule has 6 heteroatoms. The van der Waals surface area contributed by atoms with Crippen molar-refractivity contribution in [2.45, 2.75) is 26.0 Å². The molecular weight excluding hydrogens is 315 g/mol. The van der Waals surface area contributed by atoms with Crippen LogP contribution in [0.5, 0.6) is 0 Å². The zero-order valence-corrected chi connectivity index (χ0v) is 14.9. The Morgan fingerprint density at radius 1 is 1.16 bits per heavy atom. The molecule has 0 unspecified atom stereocenters. The van der Waals surface area contributed by atoms with Crippen LogP contribution < -0.4 is 0 Å². The molecule has 0 aliphatic rings. The van der Waals surface area contributed by atoms with E-state index in [9.17, 15) is 0 Å². The van der Waals surface area contributed by atoms with Gasteiger partial charge in [0.05, 0.1) is 13.2 Å². The highest BCUT2D eigenvalue weighted by Crippen LogP contribution is 2.62. The number of thioether (sulfide) groups is 1. The Hall–Kier alpha value is 0.490. The van der Waals surface area contributed by atoms with Gasteiger partial charge in [0, 0.05) is 10.3 Å². The monoisotopic (exact) mass is 336 g/mol. The van der Waals surface area contributed by atoms with Gasteiger partial charge in [-0.15, -0.1) is 11.8 Å². The fourth-order valence-electron chi connectivity index (χ4n) is 1.45. The maximum absolute atomic E-state index is 5.61. The summed E-state index contributed by atoms with van der Waals surface area (Å²) >= 11 is 9.00. The Bertz CT molecular complexity index is 390. The van der Waals surface area contributed by atoms with Crippen LogP contribution in [0.1, 0.15) is 31.6 Å². The molecular formula is C13H21O2PS3. The first-order valence-electron chi connectivity index (χ1n) is 6.31. The summed E-state index contributed by atoms with van der Waals surface area (Å²) in [5.41, 5.74) is -0.796. The van der Waals surface area contributed by atoms with E-state index in [4.69, 9.17) is 20.9 Å². The molecule has 0 spiro atoms. The maximum atomic E-state index is 5.61. The zero-order chi connectivity index (χ0) is 14.1. The van der Waals surface area contributed by atoms with Crippen LogP contribution in [0.25, 0.3) is 0 Å². The highest BCUT2D eigenvalue weighted by molar-refractivity contribution is 8.69. The molecule has 19 heavy (non-hydrogen) atoms. The summed E-state index contributed by atoms with van der Waals surface area (Å²) < 4.78 is 11.2. The summed E-state index contributed by atoms with van der Waals surface area (Å²) in [6.07, 6.45) is 0. The molecule has 0 aromatic heterocycles. The van der Waals surface area contributed by atoms with Crippen LogP contribution in [0.2, 0.25) is 0 Å². The normalized spacial score (nSPS) is 13.4. The summed E-state index contributed by atoms with van der Waals surface area (Å²) in [7, 11) is 0. The number of rotatable bonds is 9. The first-order chi connectivity index (χ1) is 9.11. The van der Waals surface area contributed by atoms with E-state index < -0.39 is 5.69 Å². The molecule has 0 amide bonds. The van der Waals surface area contributed by atoms with Crippen molar-refractivity contribution in [2.24, 2.45) is 0 Å². The molecule has 0 radical (unpaired) electrons. The Labute approximate surface area is 130 Å². The summed E-state index contributed by atoms with van der Waals surface area (Å²) in [6.45, 7) is 7.36. The van der Waals surface area contributed by atoms with E-state index in [1.165, 1.54) is 5.56 Å². The van der Waals surface area contributed by atoms with Crippen molar-refractivity contribution in [3.05, 3.63) is 35.9 Å². The average molecular weight is 336 g/mol. The van der Waals surface area contributed by atoms with E-state index in [2.05, 4.69) is 31.2 Å². The summed E-state index contributed by atoms with van der Waals surface area (Å²) in [5.74, 6) is 0. The fourth-order valence-corrected chi connectivity index (χ4v) is 8.81. The quantitative estimate of drug-likeness (QED) is 0.438. The van der Waals surface area contributed by atoms with Gasteiger partial charge in [0.15, 0.2) is 0 Å². The Kier molecular flexibility index (Phi) is 8.71. The second-order valence-electron chi connectivity index (χ2n) is 3.75. The van der Waals surface area contributed by atoms with Crippen molar-refractivity contribution in [1.82, 2.24) is 0 Å². The number of benzene rings is 1. The molecule has 1 aromatic carbocycles. The van der Waals surface area contributed by atoms with Crippen molar-refractivity contribution in [3.63, 3.8) is 0 Å². The molecule has 0 N–H and O–H groups in total. The topological polar surface area (TPSA) is 18.5 Å². The predicted octanol–water partition coefficient (Wildman–Crippen LogP) is 5.47. The lowest BCUT2D eigenvalue weighted by atomic mass is 10.2. The van der Waals surface area contributed by atoms with Crippen LogP contribution in [0.15, 0.2) is 30.3 Å². The molecule has 0 heterocycles. The van der Waals surface area contributed by atoms with Crippen LogP contribution in [0.3, 0.4) is 0 Å². The van der Waals surface area contributed by atoms with E-state index in [0.29, 0.717) is 18.5 Å². The van der Waals surface area contributed by atoms with E-state index in [0.717, 1.165) is 5.08 Å². The van der Waals surface area contributed by atoms with Gasteiger partial charge in [-0.3, -0.25) is 0 Å². The lowest BCUT2D eigenvalue weighted by Crippen LogP contribution is -1.93. The van der Waals surface area contributed by atoms with Crippen molar-refractivity contribution in [1.29, 1.82) is 0 Å². The van der Waals surface area contributed by atoms with Gasteiger partial charge in [-0.25, -0.2) is 0 Å². The molecule has 1 atom stereocenters. The highest BCUT2D eigenvalue weighted by Gasteiger charge is 2.19. The predicted molar refractivity (Wildman–Crippen MR) is 92.4 cm³/mol. The van der Waals surface area contributed by atoms with Crippen molar-refractivity contribution >= 4 is 40.6 Å². The smallest absolute Gasteiger partial charge is 0.248 e. The van der Waals surface area contributed by atoms with Gasteiger partial charge in [0.25, 0.3) is 0 Å². The van der Waals surface area contributed by atoms with Crippen molar-refractivity contribution in [2.75, 3.05) is 18.3 Å². The molecule has 0 aliphatic heterocycles. The zero-order valence-electron chi connectivity index (χ0n) is 11.6. The van der Waals surface area contributed by atoms with Crippen LogP contribution >= 0.6 is 28.8 Å². The Morgan fingerprint density at radius 2 is 1.74 bits per heavy atom. The summed E-state index contributed by atoms with van der Waals surface area (Å²) in [5, 5.41) is 1.35. The number of hydrogen-bond acceptors (Lipinski definition) is 5. The van der Waals surface area contributed by atoms with Gasteiger partial charge in [-0.05, 0) is 38.1 Å². The van der Waals surface area contributed by atoms with Gasteiger partial charge < -0.3 is 9.05 Å². The van der Waals surface area contributed by atoms with Crippen LogP contribution in [0, 0.1) is 0 Å². The minimum absolute atomic E-state index is 0.459. The summed E-state index contributed by atoms with van der Waals surface area (Å²) in [6, 6.07) is 10.5. The molecule has 1 rings (SSSR count). The third-order valence-electron chi connectivity index (χ3n) is 2.37. The minimum atomic E-state index is -2.14. The first kappa shape index (κ1) is 17.5. The molecule has 0 saturated heterocycles. The van der Waals surface area contributed by atoms with Crippen molar-refractivity contribution < 1.29 is 9.05 Å². The van der Waals surface area contributed by atoms with Crippen LogP contribution in [-0.4, -0.2) is 18.3 Å². The molecule has 0 bridgehead atoms. The second-order valence-corrected chi connectivity index (χ2v) is 11.8. The van der Waals surface area contributed by atoms with Crippen molar-refractivity contribution in [3.8, 4) is 0 Å². The Morgan fingerprint density at radius 3 is 2.26 bits per heavy atom. The van der Waals surface area contributed by atoms with Gasteiger partial charge in [0.1, 0.15) is 0 Å². The molecule has 0 aliphatic carbocycles. The Balaban J connectivity index is 2.42. The molecule has 2 nitrogen and oxygen atoms in total. The molecule has 1 aromatic rings. The largest absolute Gasteiger partial charge is 0.322 e. The van der Waals surface area contributed by atoms with Gasteiger partial charge in [-0.2, -0.15) is 0 Å². The minimum Gasteiger partial charge on any atom is -0.322 e. The highest BCUT2D eigenvalue weighted by atomic mass is 32.9. The summed E-state index contributed by atoms with van der Waals surface area (Å²) in [4.78, 5) is 0. The SMILES string of the molecule is CCOP(=S)(OCC)SCS[C@@H](C)c1ccccc1. The molecule has 0 fully saturated rings. The van der Waals surface area contributed by atoms with E-state index in [-0.39, 0.29) is 0 Å². The molecule has 108 valence electrons. The van der Waals surface area contributed by atoms with Crippen LogP contribution in [-0.2, 0) is 20.9 Å². The molecule has 0 saturated carbocycles. The van der Waals surface area contributed by atoms with E-state index in [1.54, 1.807) is 11.4 Å². The lowest BCUT2D eigenvalue weighted by molar-refractivity contribution is 0.280. The standard InChI is InChI=1S/C13H21O2PS3/c1-4-14-16(17,15-5-2)19-11-18-12(3)13-9-7-6-8-10-13/h6-10,12H,4-5,11H2,1-3H3/t12-/m0/s1. The average Bonchev–Trinajstić information content (AvgIpc) is 2.40. The van der Waals surface area contributed by atoms with Gasteiger partial charge >= 0.3 is 0 Å². The van der Waals surface area contributed by atoms with Gasteiger partial charge in [-0.1, -0.05) is 41.7 Å². The fraction of sp³-hybridized carbons (Fsp3) is 0.538. The first-order valence-corrected chi connectivity index (χ1v) is 11.6. The third kappa shape index (κ3) is 6.65. The van der Waals surface area contributed by atoms with E-state index >= 15 is 0 Å². The maximum Gasteiger partial charge on any atom is 0.248 e. The van der Waals surface area contributed by atoms with Crippen LogP contribution in [0.4, 0.5) is 0 Å². The number of hydrogen-bond donors (Lipinski definition) is 0. The van der Waals surface area contributed by atoms with E-state index in [1.807, 2.05) is 31.7 Å². The van der Waals surface area contributed by atoms with Gasteiger partial charge in [0.2, 0.25) is 5.69 Å². The lowest BCUT2D eigenvalue weighted by Gasteiger charge is -2.20. The second kappa shape index (κ2) is 9.43. The third-order valence-corrected chi connectivity index (χ3v) is 9.69.